The first-order valence-electron chi connectivity index (χ1n) is 10.7. The largest absolute Gasteiger partial charge is 0.494 e. The molecule has 1 aliphatic heterocycles. The summed E-state index contributed by atoms with van der Waals surface area (Å²) >= 11 is 0. The Hall–Kier alpha value is -4.07. The fraction of sp³-hybridized carbons (Fsp3) is 0.240. The van der Waals surface area contributed by atoms with Crippen molar-refractivity contribution in [3.8, 4) is 22.7 Å². The summed E-state index contributed by atoms with van der Waals surface area (Å²) < 4.78 is 12.4. The van der Waals surface area contributed by atoms with Crippen LogP contribution in [0.3, 0.4) is 0 Å². The number of aryl methyl sites for hydroxylation is 1. The van der Waals surface area contributed by atoms with Crippen molar-refractivity contribution in [2.24, 2.45) is 0 Å². The normalized spacial score (nSPS) is 15.6. The number of carbonyl (C=O) groups is 2. The van der Waals surface area contributed by atoms with Crippen molar-refractivity contribution in [1.82, 2.24) is 20.4 Å². The molecular weight excluding hydrogens is 420 g/mol. The van der Waals surface area contributed by atoms with E-state index < -0.39 is 18.0 Å². The Labute approximate surface area is 192 Å². The number of nitrogens with one attached hydrogen (secondary N) is 2. The molecule has 8 heteroatoms. The Morgan fingerprint density at radius 2 is 1.91 bits per heavy atom. The van der Waals surface area contributed by atoms with Gasteiger partial charge in [-0.1, -0.05) is 18.2 Å². The summed E-state index contributed by atoms with van der Waals surface area (Å²) in [5.74, 6) is 0.276. The summed E-state index contributed by atoms with van der Waals surface area (Å²) in [6.07, 6.45) is 1.84. The summed E-state index contributed by atoms with van der Waals surface area (Å²) in [4.78, 5) is 25.0. The number of nitrogens with zero attached hydrogens (tertiary/aromatic N) is 2. The average molecular weight is 447 g/mol. The molecule has 3 aromatic rings. The summed E-state index contributed by atoms with van der Waals surface area (Å²) in [5, 5.41) is 10.4. The van der Waals surface area contributed by atoms with E-state index in [1.807, 2.05) is 68.6 Å². The van der Waals surface area contributed by atoms with Gasteiger partial charge in [0.1, 0.15) is 5.75 Å². The molecule has 0 saturated heterocycles. The molecule has 0 spiro atoms. The summed E-state index contributed by atoms with van der Waals surface area (Å²) in [6.45, 7) is 6.16. The predicted molar refractivity (Wildman–Crippen MR) is 124 cm³/mol. The van der Waals surface area contributed by atoms with Gasteiger partial charge in [-0.05, 0) is 56.7 Å². The fourth-order valence-electron chi connectivity index (χ4n) is 3.96. The molecular formula is C25H26N4O4. The number of rotatable bonds is 6. The number of hydrogen-bond acceptors (Lipinski definition) is 5. The third-order valence-corrected chi connectivity index (χ3v) is 5.50. The highest BCUT2D eigenvalue weighted by Crippen LogP contribution is 2.36. The molecule has 1 atom stereocenters. The minimum absolute atomic E-state index is 0.327. The van der Waals surface area contributed by atoms with Crippen LogP contribution in [0.5, 0.6) is 5.75 Å². The zero-order chi connectivity index (χ0) is 23.5. The lowest BCUT2D eigenvalue weighted by atomic mass is 9.93. The van der Waals surface area contributed by atoms with Gasteiger partial charge in [0.2, 0.25) is 0 Å². The van der Waals surface area contributed by atoms with Gasteiger partial charge in [-0.2, -0.15) is 5.10 Å². The molecule has 0 saturated carbocycles. The molecule has 0 bridgehead atoms. The third kappa shape index (κ3) is 4.32. The van der Waals surface area contributed by atoms with Crippen molar-refractivity contribution < 1.29 is 19.1 Å². The van der Waals surface area contributed by atoms with Crippen molar-refractivity contribution in [1.29, 1.82) is 0 Å². The highest BCUT2D eigenvalue weighted by atomic mass is 16.5. The van der Waals surface area contributed by atoms with Crippen LogP contribution in [0.15, 0.2) is 66.0 Å². The van der Waals surface area contributed by atoms with Crippen molar-refractivity contribution in [2.75, 3.05) is 13.7 Å². The molecule has 0 radical (unpaired) electrons. The molecule has 1 aliphatic rings. The van der Waals surface area contributed by atoms with Crippen LogP contribution in [-0.2, 0) is 9.53 Å². The maximum atomic E-state index is 12.6. The van der Waals surface area contributed by atoms with Crippen LogP contribution in [-0.4, -0.2) is 35.5 Å². The van der Waals surface area contributed by atoms with Gasteiger partial charge >= 0.3 is 12.0 Å². The van der Waals surface area contributed by atoms with Gasteiger partial charge in [0.15, 0.2) is 0 Å². The van der Waals surface area contributed by atoms with Crippen LogP contribution in [0, 0.1) is 6.92 Å². The number of amides is 2. The molecule has 2 heterocycles. The van der Waals surface area contributed by atoms with E-state index in [0.29, 0.717) is 29.1 Å². The van der Waals surface area contributed by atoms with Gasteiger partial charge in [-0.25, -0.2) is 14.3 Å². The maximum absolute atomic E-state index is 12.6. The molecule has 33 heavy (non-hydrogen) atoms. The van der Waals surface area contributed by atoms with Gasteiger partial charge in [-0.15, -0.1) is 0 Å². The van der Waals surface area contributed by atoms with Crippen molar-refractivity contribution in [3.63, 3.8) is 0 Å². The zero-order valence-corrected chi connectivity index (χ0v) is 19.0. The first-order valence-corrected chi connectivity index (χ1v) is 10.7. The van der Waals surface area contributed by atoms with Crippen molar-refractivity contribution in [3.05, 3.63) is 77.1 Å². The van der Waals surface area contributed by atoms with Crippen molar-refractivity contribution in [2.45, 2.75) is 26.8 Å². The molecule has 0 unspecified atom stereocenters. The maximum Gasteiger partial charge on any atom is 0.337 e. The average Bonchev–Trinajstić information content (AvgIpc) is 3.25. The van der Waals surface area contributed by atoms with E-state index in [0.717, 1.165) is 22.6 Å². The summed E-state index contributed by atoms with van der Waals surface area (Å²) in [6, 6.07) is 14.3. The first-order chi connectivity index (χ1) is 15.9. The lowest BCUT2D eigenvalue weighted by Gasteiger charge is -2.27. The third-order valence-electron chi connectivity index (χ3n) is 5.50. The molecule has 170 valence electrons. The number of benzene rings is 2. The van der Waals surface area contributed by atoms with Crippen LogP contribution >= 0.6 is 0 Å². The number of para-hydroxylation sites is 1. The summed E-state index contributed by atoms with van der Waals surface area (Å²) in [5.41, 5.74) is 4.75. The zero-order valence-electron chi connectivity index (χ0n) is 19.0. The second kappa shape index (κ2) is 9.20. The van der Waals surface area contributed by atoms with E-state index in [4.69, 9.17) is 14.6 Å². The highest BCUT2D eigenvalue weighted by molar-refractivity contribution is 5.95. The lowest BCUT2D eigenvalue weighted by Crippen LogP contribution is -2.45. The summed E-state index contributed by atoms with van der Waals surface area (Å²) in [7, 11) is 1.32. The minimum atomic E-state index is -0.731. The Morgan fingerprint density at radius 3 is 2.58 bits per heavy atom. The monoisotopic (exact) mass is 446 g/mol. The van der Waals surface area contributed by atoms with E-state index >= 15 is 0 Å². The smallest absolute Gasteiger partial charge is 0.337 e. The number of carbonyl (C=O) groups excluding carboxylic acids is 2. The molecule has 0 fully saturated rings. The van der Waals surface area contributed by atoms with Crippen LogP contribution < -0.4 is 15.4 Å². The Morgan fingerprint density at radius 1 is 1.15 bits per heavy atom. The van der Waals surface area contributed by atoms with Gasteiger partial charge < -0.3 is 20.1 Å². The second-order valence-corrected chi connectivity index (χ2v) is 7.69. The van der Waals surface area contributed by atoms with E-state index in [1.165, 1.54) is 7.11 Å². The Kier molecular flexibility index (Phi) is 6.17. The minimum Gasteiger partial charge on any atom is -0.494 e. The Balaban J connectivity index is 1.91. The number of urea groups is 1. The molecule has 4 rings (SSSR count). The molecule has 2 aromatic carbocycles. The van der Waals surface area contributed by atoms with Crippen LogP contribution in [0.1, 0.15) is 31.0 Å². The van der Waals surface area contributed by atoms with Gasteiger partial charge in [0.25, 0.3) is 0 Å². The van der Waals surface area contributed by atoms with Gasteiger partial charge in [0, 0.05) is 23.0 Å². The van der Waals surface area contributed by atoms with Crippen LogP contribution in [0.2, 0.25) is 0 Å². The molecule has 2 amide bonds. The van der Waals surface area contributed by atoms with E-state index in [-0.39, 0.29) is 0 Å². The van der Waals surface area contributed by atoms with Crippen molar-refractivity contribution >= 4 is 12.0 Å². The standard InChI is InChI=1S/C25H26N4O4/c1-5-33-20-12-11-17(13-15(20)2)22-19(14-29(28-22)18-9-7-6-8-10-18)23-21(24(30)32-4)16(3)26-25(31)27-23/h6-14,23H,5H2,1-4H3,(H2,26,27,31)/t23-/m0/s1. The lowest BCUT2D eigenvalue weighted by molar-refractivity contribution is -0.136. The SMILES string of the molecule is CCOc1ccc(-c2nn(-c3ccccc3)cc2[C@@H]2NC(=O)NC(C)=C2C(=O)OC)cc1C. The predicted octanol–water partition coefficient (Wildman–Crippen LogP) is 4.05. The van der Waals surface area contributed by atoms with E-state index in [1.54, 1.807) is 11.6 Å². The second-order valence-electron chi connectivity index (χ2n) is 7.69. The van der Waals surface area contributed by atoms with Crippen LogP contribution in [0.4, 0.5) is 4.79 Å². The van der Waals surface area contributed by atoms with E-state index in [2.05, 4.69) is 10.6 Å². The number of aromatic nitrogens is 2. The van der Waals surface area contributed by atoms with E-state index in [9.17, 15) is 9.59 Å². The first kappa shape index (κ1) is 22.1. The number of methoxy groups -OCH3 is 1. The Bertz CT molecular complexity index is 1230. The fourth-order valence-corrected chi connectivity index (χ4v) is 3.96. The number of hydrogen-bond donors (Lipinski definition) is 2. The van der Waals surface area contributed by atoms with Crippen LogP contribution in [0.25, 0.3) is 16.9 Å². The number of esters is 1. The molecule has 0 aliphatic carbocycles. The molecule has 1 aromatic heterocycles. The number of ether oxygens (including phenoxy) is 2. The topological polar surface area (TPSA) is 94.5 Å². The molecule has 8 nitrogen and oxygen atoms in total. The van der Waals surface area contributed by atoms with Gasteiger partial charge in [-0.3, -0.25) is 0 Å². The number of allylic oxidation sites excluding steroid dienone is 1. The molecule has 2 N–H and O–H groups in total. The highest BCUT2D eigenvalue weighted by Gasteiger charge is 2.35. The quantitative estimate of drug-likeness (QED) is 0.557. The van der Waals surface area contributed by atoms with Gasteiger partial charge in [0.05, 0.1) is 36.7 Å².